The summed E-state index contributed by atoms with van der Waals surface area (Å²) in [6, 6.07) is 0.496. The summed E-state index contributed by atoms with van der Waals surface area (Å²) in [5, 5.41) is 0. The Bertz CT molecular complexity index is 244. The molecule has 2 N–H and O–H groups in total. The fourth-order valence-corrected chi connectivity index (χ4v) is 3.46. The summed E-state index contributed by atoms with van der Waals surface area (Å²) in [5.41, 5.74) is 5.99. The lowest BCUT2D eigenvalue weighted by Gasteiger charge is -2.36. The molecular weight excluding hydrogens is 210 g/mol. The number of nitrogens with two attached hydrogens (primary N) is 1. The molecule has 2 unspecified atom stereocenters. The maximum absolute atomic E-state index is 5.99. The average molecular weight is 237 g/mol. The van der Waals surface area contributed by atoms with Crippen molar-refractivity contribution in [2.45, 2.75) is 38.1 Å². The van der Waals surface area contributed by atoms with Crippen LogP contribution < -0.4 is 5.73 Å². The van der Waals surface area contributed by atoms with E-state index in [4.69, 9.17) is 5.73 Å². The van der Waals surface area contributed by atoms with Crippen molar-refractivity contribution in [3.63, 3.8) is 0 Å². The largest absolute Gasteiger partial charge is 0.328 e. The molecule has 0 aromatic heterocycles. The Kier molecular flexibility index (Phi) is 3.69. The fraction of sp³-hybridized carbons (Fsp3) is 1.00. The van der Waals surface area contributed by atoms with Gasteiger partial charge in [-0.15, -0.1) is 0 Å². The Morgan fingerprint density at radius 2 is 1.29 bits per heavy atom. The van der Waals surface area contributed by atoms with Crippen LogP contribution in [0.25, 0.3) is 0 Å². The maximum Gasteiger partial charge on any atom is 0.0110 e. The number of hydrogen-bond donors (Lipinski definition) is 1. The highest BCUT2D eigenvalue weighted by atomic mass is 15.3. The minimum Gasteiger partial charge on any atom is -0.328 e. The molecule has 0 spiro atoms. The van der Waals surface area contributed by atoms with Gasteiger partial charge in [-0.3, -0.25) is 0 Å². The van der Waals surface area contributed by atoms with Gasteiger partial charge in [0.05, 0.1) is 0 Å². The van der Waals surface area contributed by atoms with Crippen molar-refractivity contribution in [2.24, 2.45) is 17.6 Å². The van der Waals surface area contributed by atoms with Crippen molar-refractivity contribution < 1.29 is 0 Å². The Balaban J connectivity index is 1.36. The molecule has 0 aromatic rings. The summed E-state index contributed by atoms with van der Waals surface area (Å²) in [4.78, 5) is 5.35. The quantitative estimate of drug-likeness (QED) is 0.796. The summed E-state index contributed by atoms with van der Waals surface area (Å²) in [5.74, 6) is 1.94. The Hall–Kier alpha value is -0.120. The first-order valence-electron chi connectivity index (χ1n) is 7.50. The van der Waals surface area contributed by atoms with Gasteiger partial charge in [0.2, 0.25) is 0 Å². The minimum absolute atomic E-state index is 0.496. The zero-order valence-electron chi connectivity index (χ0n) is 11.0. The highest BCUT2D eigenvalue weighted by Gasteiger charge is 2.28. The van der Waals surface area contributed by atoms with Gasteiger partial charge in [-0.1, -0.05) is 0 Å². The van der Waals surface area contributed by atoms with Crippen LogP contribution >= 0.6 is 0 Å². The van der Waals surface area contributed by atoms with Crippen LogP contribution in [-0.4, -0.2) is 55.1 Å². The molecule has 17 heavy (non-hydrogen) atoms. The average Bonchev–Trinajstić information content (AvgIpc) is 3.04. The van der Waals surface area contributed by atoms with Crippen molar-refractivity contribution in [3.8, 4) is 0 Å². The summed E-state index contributed by atoms with van der Waals surface area (Å²) < 4.78 is 0. The number of hydrogen-bond acceptors (Lipinski definition) is 3. The predicted octanol–water partition coefficient (Wildman–Crippen LogP) is 1.14. The molecule has 3 nitrogen and oxygen atoms in total. The molecule has 0 aromatic carbocycles. The van der Waals surface area contributed by atoms with Crippen molar-refractivity contribution in [1.29, 1.82) is 0 Å². The third kappa shape index (κ3) is 3.43. The monoisotopic (exact) mass is 237 g/mol. The Labute approximate surface area is 105 Å². The van der Waals surface area contributed by atoms with Gasteiger partial charge in [0, 0.05) is 45.3 Å². The van der Waals surface area contributed by atoms with Gasteiger partial charge in [0.1, 0.15) is 0 Å². The van der Waals surface area contributed by atoms with Crippen molar-refractivity contribution in [2.75, 3.05) is 39.3 Å². The van der Waals surface area contributed by atoms with Gasteiger partial charge >= 0.3 is 0 Å². The van der Waals surface area contributed by atoms with E-state index in [-0.39, 0.29) is 0 Å². The highest BCUT2D eigenvalue weighted by molar-refractivity contribution is 4.84. The van der Waals surface area contributed by atoms with Gasteiger partial charge in [0.15, 0.2) is 0 Å². The second-order valence-electron chi connectivity index (χ2n) is 6.48. The van der Waals surface area contributed by atoms with Crippen LogP contribution in [0.1, 0.15) is 32.1 Å². The molecule has 0 radical (unpaired) electrons. The van der Waals surface area contributed by atoms with E-state index in [0.717, 1.165) is 11.8 Å². The second kappa shape index (κ2) is 5.25. The predicted molar refractivity (Wildman–Crippen MR) is 70.9 cm³/mol. The van der Waals surface area contributed by atoms with Crippen molar-refractivity contribution >= 4 is 0 Å². The number of rotatable bonds is 4. The molecule has 2 aliphatic carbocycles. The molecule has 3 aliphatic rings. The first-order chi connectivity index (χ1) is 8.29. The molecule has 1 aliphatic heterocycles. The molecule has 98 valence electrons. The molecule has 3 heteroatoms. The molecule has 3 rings (SSSR count). The summed E-state index contributed by atoms with van der Waals surface area (Å²) in [7, 11) is 0. The van der Waals surface area contributed by atoms with Crippen LogP contribution in [0, 0.1) is 11.8 Å². The van der Waals surface area contributed by atoms with Crippen LogP contribution in [0.2, 0.25) is 0 Å². The normalized spacial score (nSPS) is 36.5. The van der Waals surface area contributed by atoms with E-state index in [1.54, 1.807) is 0 Å². The topological polar surface area (TPSA) is 32.5 Å². The molecule has 3 fully saturated rings. The van der Waals surface area contributed by atoms with Crippen LogP contribution in [-0.2, 0) is 0 Å². The number of nitrogens with zero attached hydrogens (tertiary/aromatic N) is 2. The van der Waals surface area contributed by atoms with E-state index in [0.29, 0.717) is 6.04 Å². The van der Waals surface area contributed by atoms with E-state index in [1.165, 1.54) is 71.4 Å². The standard InChI is InChI=1S/C14H27N3/c15-14-4-3-13(9-14)11-17-7-5-16(6-8-17)10-12-1-2-12/h12-14H,1-11,15H2. The smallest absolute Gasteiger partial charge is 0.0110 e. The summed E-state index contributed by atoms with van der Waals surface area (Å²) >= 11 is 0. The lowest BCUT2D eigenvalue weighted by Crippen LogP contribution is -2.48. The van der Waals surface area contributed by atoms with Crippen LogP contribution in [0.4, 0.5) is 0 Å². The molecule has 0 amide bonds. The lowest BCUT2D eigenvalue weighted by atomic mass is 10.1. The first-order valence-corrected chi connectivity index (χ1v) is 7.50. The van der Waals surface area contributed by atoms with E-state index >= 15 is 0 Å². The number of piperazine rings is 1. The van der Waals surface area contributed by atoms with Gasteiger partial charge in [-0.2, -0.15) is 0 Å². The minimum atomic E-state index is 0.496. The molecule has 2 saturated carbocycles. The summed E-state index contributed by atoms with van der Waals surface area (Å²) in [6.45, 7) is 7.87. The third-order valence-corrected chi connectivity index (χ3v) is 4.78. The first kappa shape index (κ1) is 11.9. The van der Waals surface area contributed by atoms with Crippen LogP contribution in [0.5, 0.6) is 0 Å². The van der Waals surface area contributed by atoms with Gasteiger partial charge in [-0.25, -0.2) is 0 Å². The highest BCUT2D eigenvalue weighted by Crippen LogP contribution is 2.30. The van der Waals surface area contributed by atoms with E-state index < -0.39 is 0 Å². The van der Waals surface area contributed by atoms with E-state index in [2.05, 4.69) is 9.80 Å². The molecule has 2 atom stereocenters. The Morgan fingerprint density at radius 1 is 0.765 bits per heavy atom. The molecule has 1 heterocycles. The zero-order valence-corrected chi connectivity index (χ0v) is 11.0. The summed E-state index contributed by atoms with van der Waals surface area (Å²) in [6.07, 6.45) is 6.86. The van der Waals surface area contributed by atoms with E-state index in [9.17, 15) is 0 Å². The van der Waals surface area contributed by atoms with Gasteiger partial charge < -0.3 is 15.5 Å². The molecule has 0 bridgehead atoms. The second-order valence-corrected chi connectivity index (χ2v) is 6.48. The third-order valence-electron chi connectivity index (χ3n) is 4.78. The van der Waals surface area contributed by atoms with Crippen molar-refractivity contribution in [1.82, 2.24) is 9.80 Å². The Morgan fingerprint density at radius 3 is 1.76 bits per heavy atom. The van der Waals surface area contributed by atoms with Crippen LogP contribution in [0.3, 0.4) is 0 Å². The fourth-order valence-electron chi connectivity index (χ4n) is 3.46. The van der Waals surface area contributed by atoms with Crippen molar-refractivity contribution in [3.05, 3.63) is 0 Å². The molecule has 1 saturated heterocycles. The van der Waals surface area contributed by atoms with Crippen LogP contribution in [0.15, 0.2) is 0 Å². The lowest BCUT2D eigenvalue weighted by molar-refractivity contribution is 0.115. The maximum atomic E-state index is 5.99. The van der Waals surface area contributed by atoms with Gasteiger partial charge in [-0.05, 0) is 43.9 Å². The van der Waals surface area contributed by atoms with E-state index in [1.807, 2.05) is 0 Å². The SMILES string of the molecule is NC1CCC(CN2CCN(CC3CC3)CC2)C1. The van der Waals surface area contributed by atoms with Gasteiger partial charge in [0.25, 0.3) is 0 Å². The zero-order chi connectivity index (χ0) is 11.7. The molecular formula is C14H27N3.